The third-order valence-corrected chi connectivity index (χ3v) is 8.19. The predicted octanol–water partition coefficient (Wildman–Crippen LogP) is 1.17. The van der Waals surface area contributed by atoms with Gasteiger partial charge in [-0.25, -0.2) is 21.2 Å². The standard InChI is InChI=1S/C16H24FNO5S2/c1-12(2)23-9-3-8-18-15-10-24(19,20)11-16(15)25(21,22)14-6-4-13(17)5-7-14/h4-7,12,15-16,18H,3,8-11H2,1-2H3/t15-,16-/m0/s1. The lowest BCUT2D eigenvalue weighted by Crippen LogP contribution is -2.43. The van der Waals surface area contributed by atoms with Crippen molar-refractivity contribution >= 4 is 19.7 Å². The van der Waals surface area contributed by atoms with Gasteiger partial charge in [0, 0.05) is 12.6 Å². The van der Waals surface area contributed by atoms with Gasteiger partial charge in [-0.2, -0.15) is 0 Å². The molecule has 0 radical (unpaired) electrons. The zero-order valence-electron chi connectivity index (χ0n) is 14.3. The molecule has 0 amide bonds. The van der Waals surface area contributed by atoms with Crippen molar-refractivity contribution in [3.63, 3.8) is 0 Å². The normalized spacial score (nSPS) is 23.2. The summed E-state index contributed by atoms with van der Waals surface area (Å²) in [5, 5.41) is 1.96. The average molecular weight is 394 g/mol. The summed E-state index contributed by atoms with van der Waals surface area (Å²) in [5.41, 5.74) is 0. The van der Waals surface area contributed by atoms with E-state index in [1.165, 1.54) is 12.1 Å². The lowest BCUT2D eigenvalue weighted by Gasteiger charge is -2.20. The van der Waals surface area contributed by atoms with Gasteiger partial charge in [0.1, 0.15) is 5.82 Å². The second kappa shape index (κ2) is 8.11. The van der Waals surface area contributed by atoms with Crippen LogP contribution in [0.15, 0.2) is 29.2 Å². The molecule has 1 aliphatic rings. The first-order valence-corrected chi connectivity index (χ1v) is 11.5. The van der Waals surface area contributed by atoms with Crippen molar-refractivity contribution < 1.29 is 26.0 Å². The molecule has 1 saturated heterocycles. The smallest absolute Gasteiger partial charge is 0.183 e. The quantitative estimate of drug-likeness (QED) is 0.527. The van der Waals surface area contributed by atoms with Crippen LogP contribution in [0.1, 0.15) is 20.3 Å². The summed E-state index contributed by atoms with van der Waals surface area (Å²) >= 11 is 0. The largest absolute Gasteiger partial charge is 0.379 e. The Kier molecular flexibility index (Phi) is 6.58. The molecular weight excluding hydrogens is 369 g/mol. The number of ether oxygens (including phenoxy) is 1. The van der Waals surface area contributed by atoms with E-state index in [0.29, 0.717) is 19.6 Å². The van der Waals surface area contributed by atoms with Crippen LogP contribution in [0.5, 0.6) is 0 Å². The number of hydrogen-bond donors (Lipinski definition) is 1. The van der Waals surface area contributed by atoms with E-state index in [-0.39, 0.29) is 16.8 Å². The minimum atomic E-state index is -3.87. The van der Waals surface area contributed by atoms with E-state index in [4.69, 9.17) is 4.74 Å². The molecule has 0 aliphatic carbocycles. The molecule has 1 aromatic carbocycles. The van der Waals surface area contributed by atoms with Gasteiger partial charge in [0.15, 0.2) is 19.7 Å². The highest BCUT2D eigenvalue weighted by atomic mass is 32.2. The second-order valence-corrected chi connectivity index (χ2v) is 10.8. The number of sulfone groups is 2. The Labute approximate surface area is 148 Å². The number of benzene rings is 1. The van der Waals surface area contributed by atoms with Gasteiger partial charge in [-0.15, -0.1) is 0 Å². The van der Waals surface area contributed by atoms with Crippen LogP contribution < -0.4 is 5.32 Å². The third kappa shape index (κ3) is 5.47. The predicted molar refractivity (Wildman–Crippen MR) is 93.5 cm³/mol. The molecule has 0 bridgehead atoms. The average Bonchev–Trinajstić information content (AvgIpc) is 2.83. The fourth-order valence-corrected chi connectivity index (χ4v) is 7.51. The van der Waals surface area contributed by atoms with Crippen LogP contribution in [0.3, 0.4) is 0 Å². The van der Waals surface area contributed by atoms with Gasteiger partial charge in [0.05, 0.1) is 27.8 Å². The summed E-state index contributed by atoms with van der Waals surface area (Å²) in [5.74, 6) is -1.19. The van der Waals surface area contributed by atoms with Crippen molar-refractivity contribution in [2.45, 2.75) is 42.6 Å². The van der Waals surface area contributed by atoms with Crippen LogP contribution in [0.2, 0.25) is 0 Å². The number of hydrogen-bond acceptors (Lipinski definition) is 6. The first-order chi connectivity index (χ1) is 11.6. The Morgan fingerprint density at radius 1 is 1.24 bits per heavy atom. The Morgan fingerprint density at radius 2 is 1.88 bits per heavy atom. The Bertz CT molecular complexity index is 775. The maximum atomic E-state index is 13.0. The molecule has 0 aromatic heterocycles. The fourth-order valence-electron chi connectivity index (χ4n) is 2.79. The van der Waals surface area contributed by atoms with Crippen LogP contribution in [-0.4, -0.2) is 58.9 Å². The molecule has 2 atom stereocenters. The molecule has 142 valence electrons. The SMILES string of the molecule is CC(C)OCCCN[C@H]1CS(=O)(=O)C[C@@H]1S(=O)(=O)c1ccc(F)cc1. The highest BCUT2D eigenvalue weighted by Gasteiger charge is 2.45. The van der Waals surface area contributed by atoms with Gasteiger partial charge in [0.2, 0.25) is 0 Å². The van der Waals surface area contributed by atoms with Crippen LogP contribution in [0, 0.1) is 5.82 Å². The maximum absolute atomic E-state index is 13.0. The topological polar surface area (TPSA) is 89.5 Å². The molecule has 0 saturated carbocycles. The van der Waals surface area contributed by atoms with Crippen LogP contribution in [0.25, 0.3) is 0 Å². The molecule has 0 unspecified atom stereocenters. The van der Waals surface area contributed by atoms with E-state index < -0.39 is 42.5 Å². The molecule has 9 heteroatoms. The minimum absolute atomic E-state index is 0.0639. The van der Waals surface area contributed by atoms with Crippen LogP contribution in [0.4, 0.5) is 4.39 Å². The van der Waals surface area contributed by atoms with Crippen molar-refractivity contribution in [2.24, 2.45) is 0 Å². The van der Waals surface area contributed by atoms with E-state index >= 15 is 0 Å². The number of nitrogens with one attached hydrogen (secondary N) is 1. The third-order valence-electron chi connectivity index (χ3n) is 4.02. The molecule has 6 nitrogen and oxygen atoms in total. The van der Waals surface area contributed by atoms with Crippen molar-refractivity contribution in [3.8, 4) is 0 Å². The van der Waals surface area contributed by atoms with Crippen molar-refractivity contribution in [2.75, 3.05) is 24.7 Å². The summed E-state index contributed by atoms with van der Waals surface area (Å²) in [7, 11) is -7.32. The molecule has 2 rings (SSSR count). The molecule has 1 aliphatic heterocycles. The molecule has 1 heterocycles. The van der Waals surface area contributed by atoms with E-state index in [1.807, 2.05) is 13.8 Å². The second-order valence-electron chi connectivity index (χ2n) is 6.45. The highest BCUT2D eigenvalue weighted by Crippen LogP contribution is 2.26. The summed E-state index contributed by atoms with van der Waals surface area (Å²) in [6, 6.07) is 3.77. The Hall–Kier alpha value is -1.03. The summed E-state index contributed by atoms with van der Waals surface area (Å²) < 4.78 is 67.9. The zero-order valence-corrected chi connectivity index (χ0v) is 15.9. The van der Waals surface area contributed by atoms with Crippen molar-refractivity contribution in [1.82, 2.24) is 5.32 Å². The van der Waals surface area contributed by atoms with E-state index in [9.17, 15) is 21.2 Å². The maximum Gasteiger partial charge on any atom is 0.183 e. The first kappa shape index (κ1) is 20.3. The van der Waals surface area contributed by atoms with Gasteiger partial charge < -0.3 is 10.1 Å². The molecule has 0 spiro atoms. The molecule has 1 aromatic rings. The van der Waals surface area contributed by atoms with Gasteiger partial charge >= 0.3 is 0 Å². The molecule has 1 fully saturated rings. The summed E-state index contributed by atoms with van der Waals surface area (Å²) in [6.07, 6.45) is 0.761. The van der Waals surface area contributed by atoms with Gasteiger partial charge in [-0.05, 0) is 51.1 Å². The van der Waals surface area contributed by atoms with Crippen molar-refractivity contribution in [1.29, 1.82) is 0 Å². The van der Waals surface area contributed by atoms with E-state index in [2.05, 4.69) is 5.32 Å². The van der Waals surface area contributed by atoms with Crippen molar-refractivity contribution in [3.05, 3.63) is 30.1 Å². The first-order valence-electron chi connectivity index (χ1n) is 8.17. The van der Waals surface area contributed by atoms with E-state index in [0.717, 1.165) is 12.1 Å². The van der Waals surface area contributed by atoms with Gasteiger partial charge in [-0.1, -0.05) is 0 Å². The lowest BCUT2D eigenvalue weighted by molar-refractivity contribution is 0.0768. The zero-order chi connectivity index (χ0) is 18.7. The van der Waals surface area contributed by atoms with Crippen LogP contribution >= 0.6 is 0 Å². The van der Waals surface area contributed by atoms with E-state index in [1.54, 1.807) is 0 Å². The van der Waals surface area contributed by atoms with Gasteiger partial charge in [-0.3, -0.25) is 0 Å². The fraction of sp³-hybridized carbons (Fsp3) is 0.625. The number of rotatable bonds is 8. The highest BCUT2D eigenvalue weighted by molar-refractivity contribution is 7.96. The molecular formula is C16H24FNO5S2. The minimum Gasteiger partial charge on any atom is -0.379 e. The summed E-state index contributed by atoms with van der Waals surface area (Å²) in [6.45, 7) is 4.81. The summed E-state index contributed by atoms with van der Waals surface area (Å²) in [4.78, 5) is -0.0639. The molecule has 1 N–H and O–H groups in total. The Morgan fingerprint density at radius 3 is 2.48 bits per heavy atom. The van der Waals surface area contributed by atoms with Crippen LogP contribution in [-0.2, 0) is 24.4 Å². The van der Waals surface area contributed by atoms with Gasteiger partial charge in [0.25, 0.3) is 0 Å². The Balaban J connectivity index is 2.09. The lowest BCUT2D eigenvalue weighted by atomic mass is 10.2. The molecule has 25 heavy (non-hydrogen) atoms. The number of halogens is 1. The monoisotopic (exact) mass is 393 g/mol.